The van der Waals surface area contributed by atoms with Crippen LogP contribution < -0.4 is 5.32 Å². The Morgan fingerprint density at radius 1 is 1.36 bits per heavy atom. The molecule has 8 heteroatoms. The zero-order valence-electron chi connectivity index (χ0n) is 13.9. The molecule has 0 bridgehead atoms. The van der Waals surface area contributed by atoms with Crippen LogP contribution in [0.4, 0.5) is 10.2 Å². The number of amides is 2. The van der Waals surface area contributed by atoms with E-state index >= 15 is 0 Å². The molecule has 1 saturated heterocycles. The first kappa shape index (κ1) is 17.1. The van der Waals surface area contributed by atoms with E-state index in [1.165, 1.54) is 24.4 Å². The van der Waals surface area contributed by atoms with E-state index in [9.17, 15) is 14.0 Å². The van der Waals surface area contributed by atoms with Crippen LogP contribution in [0, 0.1) is 0 Å². The van der Waals surface area contributed by atoms with Gasteiger partial charge in [-0.1, -0.05) is 0 Å². The summed E-state index contributed by atoms with van der Waals surface area (Å²) in [7, 11) is 1.53. The standard InChI is InChI=1S/C17H19FN4O3/c1-25-14-5-4-11(18)7-12(14)13-8-15(20-10-19-13)21-16(23)9-22-6-2-3-17(22)24/h7-8,10H,2-6,9H2,1H3,(H,19,20,21,23). The Hall–Kier alpha value is -2.77. The highest BCUT2D eigenvalue weighted by molar-refractivity contribution is 5.94. The molecule has 1 fully saturated rings. The van der Waals surface area contributed by atoms with E-state index in [0.29, 0.717) is 48.7 Å². The first-order chi connectivity index (χ1) is 12.1. The number of nitrogens with one attached hydrogen (secondary N) is 1. The van der Waals surface area contributed by atoms with Crippen molar-refractivity contribution in [1.82, 2.24) is 14.9 Å². The second-order valence-electron chi connectivity index (χ2n) is 5.89. The molecule has 1 aromatic heterocycles. The number of ether oxygens (including phenoxy) is 1. The molecule has 132 valence electrons. The number of hydrogen-bond acceptors (Lipinski definition) is 5. The van der Waals surface area contributed by atoms with Gasteiger partial charge in [0.2, 0.25) is 11.8 Å². The summed E-state index contributed by atoms with van der Waals surface area (Å²) in [6, 6.07) is 1.56. The molecule has 1 aromatic rings. The van der Waals surface area contributed by atoms with E-state index in [4.69, 9.17) is 4.74 Å². The van der Waals surface area contributed by atoms with E-state index in [-0.39, 0.29) is 24.2 Å². The summed E-state index contributed by atoms with van der Waals surface area (Å²) in [5, 5.41) is 2.65. The van der Waals surface area contributed by atoms with Crippen LogP contribution in [0.5, 0.6) is 0 Å². The quantitative estimate of drug-likeness (QED) is 0.882. The molecule has 7 nitrogen and oxygen atoms in total. The number of likely N-dealkylation sites (tertiary alicyclic amines) is 1. The lowest BCUT2D eigenvalue weighted by Gasteiger charge is -2.16. The van der Waals surface area contributed by atoms with E-state index in [1.54, 1.807) is 6.07 Å². The van der Waals surface area contributed by atoms with Crippen molar-refractivity contribution in [3.8, 4) is 0 Å². The lowest BCUT2D eigenvalue weighted by Crippen LogP contribution is -2.34. The fourth-order valence-corrected chi connectivity index (χ4v) is 2.91. The number of carbonyl (C=O) groups is 2. The van der Waals surface area contributed by atoms with Crippen molar-refractivity contribution in [2.75, 3.05) is 25.5 Å². The SMILES string of the molecule is COC1=C(c2cc(NC(=O)CN3CCCC3=O)ncn2)C=C(F)CC1. The maximum Gasteiger partial charge on any atom is 0.245 e. The predicted octanol–water partition coefficient (Wildman–Crippen LogP) is 2.04. The Bertz CT molecular complexity index is 760. The molecule has 0 saturated carbocycles. The molecule has 0 radical (unpaired) electrons. The van der Waals surface area contributed by atoms with Crippen LogP contribution in [-0.2, 0) is 14.3 Å². The third-order valence-corrected chi connectivity index (χ3v) is 4.16. The fourth-order valence-electron chi connectivity index (χ4n) is 2.91. The number of allylic oxidation sites excluding steroid dienone is 4. The van der Waals surface area contributed by atoms with Gasteiger partial charge in [0.1, 0.15) is 23.7 Å². The predicted molar refractivity (Wildman–Crippen MR) is 88.8 cm³/mol. The molecule has 2 amide bonds. The van der Waals surface area contributed by atoms with Crippen molar-refractivity contribution in [1.29, 1.82) is 0 Å². The largest absolute Gasteiger partial charge is 0.500 e. The summed E-state index contributed by atoms with van der Waals surface area (Å²) in [4.78, 5) is 33.4. The number of anilines is 1. The number of carbonyl (C=O) groups excluding carboxylic acids is 2. The maximum atomic E-state index is 13.6. The number of rotatable bonds is 5. The van der Waals surface area contributed by atoms with Crippen LogP contribution in [0.3, 0.4) is 0 Å². The molecule has 0 unspecified atom stereocenters. The minimum atomic E-state index is -0.328. The molecule has 0 spiro atoms. The third-order valence-electron chi connectivity index (χ3n) is 4.16. The molecule has 3 rings (SSSR count). The molecule has 2 aliphatic rings. The number of methoxy groups -OCH3 is 1. The number of aromatic nitrogens is 2. The van der Waals surface area contributed by atoms with Crippen molar-refractivity contribution in [3.05, 3.63) is 35.7 Å². The van der Waals surface area contributed by atoms with E-state index in [1.807, 2.05) is 0 Å². The third kappa shape index (κ3) is 4.01. The molecular formula is C17H19FN4O3. The van der Waals surface area contributed by atoms with Crippen molar-refractivity contribution in [2.45, 2.75) is 25.7 Å². The lowest BCUT2D eigenvalue weighted by molar-refractivity contribution is -0.131. The van der Waals surface area contributed by atoms with E-state index < -0.39 is 0 Å². The summed E-state index contributed by atoms with van der Waals surface area (Å²) in [5.41, 5.74) is 1.01. The topological polar surface area (TPSA) is 84.4 Å². The van der Waals surface area contributed by atoms with Gasteiger partial charge in [-0.2, -0.15) is 0 Å². The highest BCUT2D eigenvalue weighted by atomic mass is 19.1. The minimum absolute atomic E-state index is 0.00127. The van der Waals surface area contributed by atoms with Crippen LogP contribution in [-0.4, -0.2) is 46.9 Å². The molecule has 2 heterocycles. The monoisotopic (exact) mass is 346 g/mol. The fraction of sp³-hybridized carbons (Fsp3) is 0.412. The number of nitrogens with zero attached hydrogens (tertiary/aromatic N) is 3. The van der Waals surface area contributed by atoms with Gasteiger partial charge >= 0.3 is 0 Å². The van der Waals surface area contributed by atoms with Crippen LogP contribution in [0.15, 0.2) is 30.1 Å². The minimum Gasteiger partial charge on any atom is -0.500 e. The first-order valence-electron chi connectivity index (χ1n) is 8.10. The lowest BCUT2D eigenvalue weighted by atomic mass is 10.0. The first-order valence-corrected chi connectivity index (χ1v) is 8.10. The van der Waals surface area contributed by atoms with Crippen molar-refractivity contribution in [2.24, 2.45) is 0 Å². The van der Waals surface area contributed by atoms with Crippen molar-refractivity contribution < 1.29 is 18.7 Å². The summed E-state index contributed by atoms with van der Waals surface area (Å²) in [6.07, 6.45) is 4.69. The smallest absolute Gasteiger partial charge is 0.245 e. The maximum absolute atomic E-state index is 13.6. The second-order valence-corrected chi connectivity index (χ2v) is 5.89. The Morgan fingerprint density at radius 3 is 2.92 bits per heavy atom. The van der Waals surface area contributed by atoms with Gasteiger partial charge in [0.25, 0.3) is 0 Å². The molecule has 1 N–H and O–H groups in total. The summed E-state index contributed by atoms with van der Waals surface area (Å²) >= 11 is 0. The summed E-state index contributed by atoms with van der Waals surface area (Å²) in [5.74, 6) is 0.346. The highest BCUT2D eigenvalue weighted by Crippen LogP contribution is 2.31. The van der Waals surface area contributed by atoms with Gasteiger partial charge in [0.15, 0.2) is 0 Å². The number of halogens is 1. The molecule has 0 aromatic carbocycles. The van der Waals surface area contributed by atoms with Gasteiger partial charge in [-0.25, -0.2) is 14.4 Å². The molecule has 1 aliphatic carbocycles. The van der Waals surface area contributed by atoms with Crippen LogP contribution >= 0.6 is 0 Å². The Balaban J connectivity index is 1.74. The van der Waals surface area contributed by atoms with E-state index in [0.717, 1.165) is 6.42 Å². The Kier molecular flexibility index (Phi) is 5.06. The van der Waals surface area contributed by atoms with E-state index in [2.05, 4.69) is 15.3 Å². The Labute approximate surface area is 144 Å². The average Bonchev–Trinajstić information content (AvgIpc) is 2.99. The zero-order chi connectivity index (χ0) is 17.8. The number of hydrogen-bond donors (Lipinski definition) is 1. The normalized spacial score (nSPS) is 17.6. The van der Waals surface area contributed by atoms with Gasteiger partial charge in [-0.05, 0) is 12.5 Å². The second kappa shape index (κ2) is 7.42. The summed E-state index contributed by atoms with van der Waals surface area (Å²) < 4.78 is 18.9. The van der Waals surface area contributed by atoms with Crippen LogP contribution in [0.1, 0.15) is 31.4 Å². The Morgan fingerprint density at radius 2 is 2.20 bits per heavy atom. The van der Waals surface area contributed by atoms with Crippen LogP contribution in [0.25, 0.3) is 5.57 Å². The molecule has 1 aliphatic heterocycles. The van der Waals surface area contributed by atoms with Gasteiger partial charge < -0.3 is 15.0 Å². The van der Waals surface area contributed by atoms with Crippen molar-refractivity contribution in [3.63, 3.8) is 0 Å². The average molecular weight is 346 g/mol. The molecule has 25 heavy (non-hydrogen) atoms. The zero-order valence-corrected chi connectivity index (χ0v) is 13.9. The molecular weight excluding hydrogens is 327 g/mol. The summed E-state index contributed by atoms with van der Waals surface area (Å²) in [6.45, 7) is 0.591. The van der Waals surface area contributed by atoms with Gasteiger partial charge in [0.05, 0.1) is 19.3 Å². The van der Waals surface area contributed by atoms with Gasteiger partial charge in [0, 0.05) is 37.4 Å². The molecule has 0 atom stereocenters. The van der Waals surface area contributed by atoms with Gasteiger partial charge in [-0.3, -0.25) is 9.59 Å². The van der Waals surface area contributed by atoms with Crippen molar-refractivity contribution >= 4 is 23.2 Å². The van der Waals surface area contributed by atoms with Gasteiger partial charge in [-0.15, -0.1) is 0 Å². The van der Waals surface area contributed by atoms with Crippen LogP contribution in [0.2, 0.25) is 0 Å². The highest BCUT2D eigenvalue weighted by Gasteiger charge is 2.23.